The summed E-state index contributed by atoms with van der Waals surface area (Å²) in [5.41, 5.74) is 10.3. The highest BCUT2D eigenvalue weighted by atomic mass is 15.0. The van der Waals surface area contributed by atoms with Crippen LogP contribution in [0.4, 0.5) is 0 Å². The van der Waals surface area contributed by atoms with Crippen molar-refractivity contribution in [2.75, 3.05) is 0 Å². The molecule has 1 heteroatoms. The first-order valence-electron chi connectivity index (χ1n) is 14.6. The minimum atomic E-state index is 0.237. The Morgan fingerprint density at radius 3 is 1.52 bits per heavy atom. The van der Waals surface area contributed by atoms with Crippen molar-refractivity contribution < 1.29 is 0 Å². The Labute approximate surface area is 239 Å². The lowest BCUT2D eigenvalue weighted by Crippen LogP contribution is -2.20. The number of fused-ring (bicyclic) bond motifs is 3. The van der Waals surface area contributed by atoms with Gasteiger partial charge >= 0.3 is 0 Å². The highest BCUT2D eigenvalue weighted by Gasteiger charge is 2.27. The van der Waals surface area contributed by atoms with E-state index in [1.807, 2.05) is 0 Å². The number of para-hydroxylation sites is 1. The molecule has 1 atom stereocenters. The van der Waals surface area contributed by atoms with Gasteiger partial charge in [0.05, 0.1) is 11.0 Å². The largest absolute Gasteiger partial charge is 0.309 e. The van der Waals surface area contributed by atoms with Crippen molar-refractivity contribution in [3.05, 3.63) is 127 Å². The molecule has 0 radical (unpaired) electrons. The lowest BCUT2D eigenvalue weighted by Gasteiger charge is -2.32. The molecule has 1 unspecified atom stereocenters. The SMILES string of the molecule is CC(C)CC(c1ccc(-c2ccc3c(c2)c2cc(-c4ccccc4)ccc2n3-c2ccccc2)cc1)C(C)(C)C. The molecule has 40 heavy (non-hydrogen) atoms. The number of aromatic nitrogens is 1. The van der Waals surface area contributed by atoms with E-state index in [1.54, 1.807) is 0 Å². The normalized spacial score (nSPS) is 12.8. The van der Waals surface area contributed by atoms with Gasteiger partial charge in [0.25, 0.3) is 0 Å². The van der Waals surface area contributed by atoms with Crippen LogP contribution in [0.25, 0.3) is 49.7 Å². The van der Waals surface area contributed by atoms with Crippen LogP contribution in [0.1, 0.15) is 52.5 Å². The lowest BCUT2D eigenvalue weighted by atomic mass is 9.72. The van der Waals surface area contributed by atoms with Crippen LogP contribution >= 0.6 is 0 Å². The Kier molecular flexibility index (Phi) is 6.84. The molecule has 0 saturated heterocycles. The molecular weight excluding hydrogens is 482 g/mol. The van der Waals surface area contributed by atoms with Crippen molar-refractivity contribution in [3.63, 3.8) is 0 Å². The van der Waals surface area contributed by atoms with Gasteiger partial charge in [-0.05, 0) is 87.9 Å². The van der Waals surface area contributed by atoms with E-state index in [0.717, 1.165) is 0 Å². The Hall–Kier alpha value is -4.10. The third-order valence-corrected chi connectivity index (χ3v) is 8.29. The maximum atomic E-state index is 2.40. The monoisotopic (exact) mass is 521 g/mol. The molecule has 0 aliphatic rings. The molecule has 200 valence electrons. The fourth-order valence-corrected chi connectivity index (χ4v) is 6.24. The summed E-state index contributed by atoms with van der Waals surface area (Å²) in [6, 6.07) is 44.6. The molecule has 0 amide bonds. The Bertz CT molecular complexity index is 1750. The zero-order valence-corrected chi connectivity index (χ0v) is 24.4. The molecule has 0 fully saturated rings. The van der Waals surface area contributed by atoms with E-state index in [-0.39, 0.29) is 5.41 Å². The second-order valence-electron chi connectivity index (χ2n) is 12.7. The zero-order valence-electron chi connectivity index (χ0n) is 24.4. The molecule has 0 aliphatic heterocycles. The number of hydrogen-bond donors (Lipinski definition) is 0. The van der Waals surface area contributed by atoms with Crippen LogP contribution in [0.3, 0.4) is 0 Å². The summed E-state index contributed by atoms with van der Waals surface area (Å²) in [5.74, 6) is 1.22. The Morgan fingerprint density at radius 1 is 0.550 bits per heavy atom. The van der Waals surface area contributed by atoms with Crippen LogP contribution in [-0.2, 0) is 0 Å². The van der Waals surface area contributed by atoms with Gasteiger partial charge in [0.2, 0.25) is 0 Å². The fraction of sp³-hybridized carbons (Fsp3) is 0.231. The van der Waals surface area contributed by atoms with Crippen LogP contribution in [0.2, 0.25) is 0 Å². The Morgan fingerprint density at radius 2 is 1.02 bits per heavy atom. The quantitative estimate of drug-likeness (QED) is 0.205. The Balaban J connectivity index is 1.49. The molecule has 0 spiro atoms. The van der Waals surface area contributed by atoms with Crippen LogP contribution in [0.15, 0.2) is 121 Å². The van der Waals surface area contributed by atoms with E-state index < -0.39 is 0 Å². The van der Waals surface area contributed by atoms with E-state index in [4.69, 9.17) is 0 Å². The van der Waals surface area contributed by atoms with Gasteiger partial charge in [0.15, 0.2) is 0 Å². The van der Waals surface area contributed by atoms with Gasteiger partial charge in [-0.2, -0.15) is 0 Å². The molecule has 6 rings (SSSR count). The van der Waals surface area contributed by atoms with Gasteiger partial charge in [-0.25, -0.2) is 0 Å². The van der Waals surface area contributed by atoms with Crippen LogP contribution in [0, 0.1) is 11.3 Å². The van der Waals surface area contributed by atoms with Crippen LogP contribution in [-0.4, -0.2) is 4.57 Å². The first-order valence-corrected chi connectivity index (χ1v) is 14.6. The second kappa shape index (κ2) is 10.5. The number of hydrogen-bond acceptors (Lipinski definition) is 0. The molecule has 1 nitrogen and oxygen atoms in total. The minimum Gasteiger partial charge on any atom is -0.309 e. The molecule has 0 N–H and O–H groups in total. The molecular formula is C39H39N. The topological polar surface area (TPSA) is 4.93 Å². The lowest BCUT2D eigenvalue weighted by molar-refractivity contribution is 0.280. The first-order chi connectivity index (χ1) is 19.3. The van der Waals surface area contributed by atoms with Crippen LogP contribution in [0.5, 0.6) is 0 Å². The van der Waals surface area contributed by atoms with Crippen molar-refractivity contribution in [1.82, 2.24) is 4.57 Å². The number of benzene rings is 5. The van der Waals surface area contributed by atoms with Crippen molar-refractivity contribution in [3.8, 4) is 27.9 Å². The standard InChI is InChI=1S/C39H39N/c1-27(2)24-36(39(3,4)5)30-18-16-29(17-19-30)32-21-23-38-35(26-32)34-25-31(28-12-8-6-9-13-28)20-22-37(34)40(38)33-14-10-7-11-15-33/h6-23,25-27,36H,24H2,1-5H3. The minimum absolute atomic E-state index is 0.237. The van der Waals surface area contributed by atoms with Gasteiger partial charge in [-0.15, -0.1) is 0 Å². The maximum absolute atomic E-state index is 2.40. The molecule has 0 bridgehead atoms. The summed E-state index contributed by atoms with van der Waals surface area (Å²) in [6.07, 6.45) is 1.21. The van der Waals surface area contributed by atoms with E-state index in [2.05, 4.69) is 161 Å². The predicted molar refractivity (Wildman–Crippen MR) is 173 cm³/mol. The highest BCUT2D eigenvalue weighted by Crippen LogP contribution is 2.41. The third kappa shape index (κ3) is 4.97. The smallest absolute Gasteiger partial charge is 0.0541 e. The van der Waals surface area contributed by atoms with E-state index in [1.165, 1.54) is 61.7 Å². The van der Waals surface area contributed by atoms with E-state index in [0.29, 0.717) is 11.8 Å². The van der Waals surface area contributed by atoms with E-state index >= 15 is 0 Å². The van der Waals surface area contributed by atoms with Crippen molar-refractivity contribution in [1.29, 1.82) is 0 Å². The van der Waals surface area contributed by atoms with Gasteiger partial charge in [-0.3, -0.25) is 0 Å². The van der Waals surface area contributed by atoms with Gasteiger partial charge < -0.3 is 4.57 Å². The summed E-state index contributed by atoms with van der Waals surface area (Å²) in [6.45, 7) is 11.8. The average molecular weight is 522 g/mol. The predicted octanol–water partition coefficient (Wildman–Crippen LogP) is 11.3. The summed E-state index contributed by atoms with van der Waals surface area (Å²) < 4.78 is 2.40. The summed E-state index contributed by atoms with van der Waals surface area (Å²) in [4.78, 5) is 0. The zero-order chi connectivity index (χ0) is 27.9. The average Bonchev–Trinajstić information content (AvgIpc) is 3.29. The van der Waals surface area contributed by atoms with Crippen molar-refractivity contribution >= 4 is 21.8 Å². The highest BCUT2D eigenvalue weighted by molar-refractivity contribution is 6.11. The van der Waals surface area contributed by atoms with Crippen molar-refractivity contribution in [2.45, 2.75) is 47.0 Å². The first kappa shape index (κ1) is 26.1. The summed E-state index contributed by atoms with van der Waals surface area (Å²) in [7, 11) is 0. The van der Waals surface area contributed by atoms with Gasteiger partial charge in [-0.1, -0.05) is 120 Å². The number of nitrogens with zero attached hydrogens (tertiary/aromatic N) is 1. The van der Waals surface area contributed by atoms with Crippen LogP contribution < -0.4 is 0 Å². The van der Waals surface area contributed by atoms with E-state index in [9.17, 15) is 0 Å². The molecule has 0 saturated carbocycles. The van der Waals surface area contributed by atoms with Gasteiger partial charge in [0, 0.05) is 16.5 Å². The molecule has 1 heterocycles. The molecule has 1 aromatic heterocycles. The third-order valence-electron chi connectivity index (χ3n) is 8.29. The second-order valence-corrected chi connectivity index (χ2v) is 12.7. The van der Waals surface area contributed by atoms with Crippen molar-refractivity contribution in [2.24, 2.45) is 11.3 Å². The van der Waals surface area contributed by atoms with Gasteiger partial charge in [0.1, 0.15) is 0 Å². The fourth-order valence-electron chi connectivity index (χ4n) is 6.24. The summed E-state index contributed by atoms with van der Waals surface area (Å²) in [5, 5.41) is 2.56. The summed E-state index contributed by atoms with van der Waals surface area (Å²) >= 11 is 0. The number of rotatable bonds is 6. The molecule has 6 aromatic rings. The molecule has 0 aliphatic carbocycles. The maximum Gasteiger partial charge on any atom is 0.0541 e. The molecule has 5 aromatic carbocycles.